The van der Waals surface area contributed by atoms with E-state index in [1.807, 2.05) is 31.2 Å². The fraction of sp³-hybridized carbons (Fsp3) is 0.471. The first-order valence-electron chi connectivity index (χ1n) is 8.07. The Balaban J connectivity index is 1.59. The number of aliphatic hydroxyl groups excluding tert-OH is 1. The molecule has 1 amide bonds. The number of nitrogens with zero attached hydrogens (tertiary/aromatic N) is 3. The number of hydrogen-bond acceptors (Lipinski definition) is 4. The van der Waals surface area contributed by atoms with Crippen LogP contribution in [0, 0.1) is 12.8 Å². The minimum absolute atomic E-state index is 0.219. The van der Waals surface area contributed by atoms with Gasteiger partial charge in [-0.15, -0.1) is 5.10 Å². The Morgan fingerprint density at radius 1 is 1.35 bits per heavy atom. The van der Waals surface area contributed by atoms with Gasteiger partial charge in [0.2, 0.25) is 0 Å². The summed E-state index contributed by atoms with van der Waals surface area (Å²) in [6.45, 7) is 2.60. The summed E-state index contributed by atoms with van der Waals surface area (Å²) in [4.78, 5) is 12.2. The fourth-order valence-corrected chi connectivity index (χ4v) is 2.97. The maximum atomic E-state index is 12.2. The Kier molecular flexibility index (Phi) is 4.71. The molecule has 122 valence electrons. The molecule has 0 aliphatic heterocycles. The zero-order valence-corrected chi connectivity index (χ0v) is 13.3. The van der Waals surface area contributed by atoms with Crippen molar-refractivity contribution in [2.45, 2.75) is 38.7 Å². The molecule has 1 aliphatic carbocycles. The van der Waals surface area contributed by atoms with Crippen LogP contribution in [-0.2, 0) is 0 Å². The molecule has 0 radical (unpaired) electrons. The van der Waals surface area contributed by atoms with E-state index in [1.54, 1.807) is 10.9 Å². The first-order chi connectivity index (χ1) is 11.1. The molecule has 6 nitrogen and oxygen atoms in total. The number of aliphatic hydroxyl groups is 1. The van der Waals surface area contributed by atoms with E-state index in [-0.39, 0.29) is 12.0 Å². The van der Waals surface area contributed by atoms with Crippen LogP contribution in [0.3, 0.4) is 0 Å². The van der Waals surface area contributed by atoms with Gasteiger partial charge < -0.3 is 10.4 Å². The highest BCUT2D eigenvalue weighted by Crippen LogP contribution is 2.23. The third-order valence-electron chi connectivity index (χ3n) is 4.33. The van der Waals surface area contributed by atoms with Crippen LogP contribution in [0.5, 0.6) is 0 Å². The first-order valence-corrected chi connectivity index (χ1v) is 8.07. The monoisotopic (exact) mass is 314 g/mol. The van der Waals surface area contributed by atoms with E-state index < -0.39 is 0 Å². The van der Waals surface area contributed by atoms with Crippen molar-refractivity contribution in [2.75, 3.05) is 6.54 Å². The van der Waals surface area contributed by atoms with E-state index in [0.29, 0.717) is 18.2 Å². The molecule has 2 aromatic rings. The number of aromatic nitrogens is 3. The SMILES string of the molecule is Cc1ccc(-n2cc(C(=O)NCC3CCCC(O)C3)nn2)cc1. The van der Waals surface area contributed by atoms with Crippen LogP contribution in [0.15, 0.2) is 30.5 Å². The first kappa shape index (κ1) is 15.7. The van der Waals surface area contributed by atoms with Crippen molar-refractivity contribution in [3.05, 3.63) is 41.7 Å². The zero-order valence-electron chi connectivity index (χ0n) is 13.3. The third kappa shape index (κ3) is 3.96. The van der Waals surface area contributed by atoms with Gasteiger partial charge in [-0.2, -0.15) is 0 Å². The van der Waals surface area contributed by atoms with Crippen LogP contribution in [0.1, 0.15) is 41.7 Å². The summed E-state index contributed by atoms with van der Waals surface area (Å²) in [6, 6.07) is 7.86. The molecule has 1 aromatic heterocycles. The van der Waals surface area contributed by atoms with Crippen molar-refractivity contribution in [1.29, 1.82) is 0 Å². The lowest BCUT2D eigenvalue weighted by atomic mass is 9.87. The number of carbonyl (C=O) groups is 1. The van der Waals surface area contributed by atoms with Gasteiger partial charge in [-0.05, 0) is 44.2 Å². The van der Waals surface area contributed by atoms with Gasteiger partial charge >= 0.3 is 0 Å². The van der Waals surface area contributed by atoms with Gasteiger partial charge in [-0.3, -0.25) is 4.79 Å². The van der Waals surface area contributed by atoms with Gasteiger partial charge in [0.25, 0.3) is 5.91 Å². The summed E-state index contributed by atoms with van der Waals surface area (Å²) >= 11 is 0. The van der Waals surface area contributed by atoms with Crippen LogP contribution in [0.25, 0.3) is 5.69 Å². The molecule has 1 aromatic carbocycles. The molecule has 6 heteroatoms. The quantitative estimate of drug-likeness (QED) is 0.902. The van der Waals surface area contributed by atoms with Crippen LogP contribution in [0.4, 0.5) is 0 Å². The average molecular weight is 314 g/mol. The van der Waals surface area contributed by atoms with Gasteiger partial charge in [0.05, 0.1) is 18.0 Å². The fourth-order valence-electron chi connectivity index (χ4n) is 2.97. The highest BCUT2D eigenvalue weighted by Gasteiger charge is 2.21. The Morgan fingerprint density at radius 3 is 2.87 bits per heavy atom. The molecule has 2 N–H and O–H groups in total. The lowest BCUT2D eigenvalue weighted by Gasteiger charge is -2.25. The molecule has 23 heavy (non-hydrogen) atoms. The number of benzene rings is 1. The predicted molar refractivity (Wildman–Crippen MR) is 86.4 cm³/mol. The Morgan fingerprint density at radius 2 is 2.13 bits per heavy atom. The molecule has 0 saturated heterocycles. The normalized spacial score (nSPS) is 21.1. The molecule has 0 bridgehead atoms. The van der Waals surface area contributed by atoms with E-state index in [0.717, 1.165) is 31.4 Å². The molecular formula is C17H22N4O2. The van der Waals surface area contributed by atoms with Crippen molar-refractivity contribution in [2.24, 2.45) is 5.92 Å². The third-order valence-corrected chi connectivity index (χ3v) is 4.33. The van der Waals surface area contributed by atoms with Crippen molar-refractivity contribution < 1.29 is 9.90 Å². The molecule has 1 heterocycles. The van der Waals surface area contributed by atoms with Crippen LogP contribution in [0.2, 0.25) is 0 Å². The number of rotatable bonds is 4. The molecule has 1 saturated carbocycles. The summed E-state index contributed by atoms with van der Waals surface area (Å²) in [5, 5.41) is 20.5. The number of carbonyl (C=O) groups excluding carboxylic acids is 1. The van der Waals surface area contributed by atoms with Crippen LogP contribution >= 0.6 is 0 Å². The average Bonchev–Trinajstić information content (AvgIpc) is 3.03. The van der Waals surface area contributed by atoms with E-state index in [2.05, 4.69) is 15.6 Å². The summed E-state index contributed by atoms with van der Waals surface area (Å²) in [5.74, 6) is 0.123. The van der Waals surface area contributed by atoms with E-state index in [1.165, 1.54) is 5.56 Å². The minimum atomic E-state index is -0.229. The van der Waals surface area contributed by atoms with Crippen molar-refractivity contribution in [3.8, 4) is 5.69 Å². The number of hydrogen-bond donors (Lipinski definition) is 2. The highest BCUT2D eigenvalue weighted by atomic mass is 16.3. The summed E-state index contributed by atoms with van der Waals surface area (Å²) in [7, 11) is 0. The second-order valence-corrected chi connectivity index (χ2v) is 6.28. The molecule has 3 rings (SSSR count). The van der Waals surface area contributed by atoms with E-state index >= 15 is 0 Å². The molecule has 2 atom stereocenters. The molecule has 1 fully saturated rings. The van der Waals surface area contributed by atoms with Crippen molar-refractivity contribution >= 4 is 5.91 Å². The molecule has 2 unspecified atom stereocenters. The van der Waals surface area contributed by atoms with Crippen LogP contribution in [-0.4, -0.2) is 38.7 Å². The largest absolute Gasteiger partial charge is 0.393 e. The van der Waals surface area contributed by atoms with Gasteiger partial charge in [0.15, 0.2) is 5.69 Å². The van der Waals surface area contributed by atoms with Gasteiger partial charge in [-0.25, -0.2) is 4.68 Å². The second-order valence-electron chi connectivity index (χ2n) is 6.28. The van der Waals surface area contributed by atoms with E-state index in [9.17, 15) is 9.90 Å². The summed E-state index contributed by atoms with van der Waals surface area (Å²) < 4.78 is 1.60. The smallest absolute Gasteiger partial charge is 0.273 e. The maximum absolute atomic E-state index is 12.2. The number of aryl methyl sites for hydroxylation is 1. The lowest BCUT2D eigenvalue weighted by Crippen LogP contribution is -2.33. The lowest BCUT2D eigenvalue weighted by molar-refractivity contribution is 0.0870. The van der Waals surface area contributed by atoms with Crippen molar-refractivity contribution in [3.63, 3.8) is 0 Å². The maximum Gasteiger partial charge on any atom is 0.273 e. The van der Waals surface area contributed by atoms with E-state index in [4.69, 9.17) is 0 Å². The Bertz CT molecular complexity index is 665. The minimum Gasteiger partial charge on any atom is -0.393 e. The number of amides is 1. The Hall–Kier alpha value is -2.21. The topological polar surface area (TPSA) is 80.0 Å². The summed E-state index contributed by atoms with van der Waals surface area (Å²) in [6.07, 6.45) is 5.10. The van der Waals surface area contributed by atoms with Gasteiger partial charge in [0, 0.05) is 6.54 Å². The van der Waals surface area contributed by atoms with Gasteiger partial charge in [-0.1, -0.05) is 29.3 Å². The Labute approximate surface area is 135 Å². The molecular weight excluding hydrogens is 292 g/mol. The van der Waals surface area contributed by atoms with Crippen LogP contribution < -0.4 is 5.32 Å². The highest BCUT2D eigenvalue weighted by molar-refractivity contribution is 5.91. The second kappa shape index (κ2) is 6.91. The number of nitrogens with one attached hydrogen (secondary N) is 1. The predicted octanol–water partition coefficient (Wildman–Crippen LogP) is 1.86. The van der Waals surface area contributed by atoms with Crippen molar-refractivity contribution in [1.82, 2.24) is 20.3 Å². The zero-order chi connectivity index (χ0) is 16.2. The molecule has 0 spiro atoms. The standard InChI is InChI=1S/C17H22N4O2/c1-12-5-7-14(8-6-12)21-11-16(19-20-21)17(23)18-10-13-3-2-4-15(22)9-13/h5-8,11,13,15,22H,2-4,9-10H2,1H3,(H,18,23). The van der Waals surface area contributed by atoms with Gasteiger partial charge in [0.1, 0.15) is 0 Å². The molecule has 1 aliphatic rings. The summed E-state index contributed by atoms with van der Waals surface area (Å²) in [5.41, 5.74) is 2.35.